The molecule has 0 unspecified atom stereocenters. The summed E-state index contributed by atoms with van der Waals surface area (Å²) in [7, 11) is 0. The first kappa shape index (κ1) is 15.9. The van der Waals surface area contributed by atoms with Crippen molar-refractivity contribution in [2.45, 2.75) is 19.1 Å². The van der Waals surface area contributed by atoms with E-state index in [2.05, 4.69) is 10.2 Å². The number of fused-ring (bicyclic) bond motifs is 1. The molecule has 0 radical (unpaired) electrons. The van der Waals surface area contributed by atoms with Crippen molar-refractivity contribution in [3.8, 4) is 0 Å². The number of rotatable bonds is 5. The zero-order valence-corrected chi connectivity index (χ0v) is 14.3. The van der Waals surface area contributed by atoms with Gasteiger partial charge in [-0.3, -0.25) is 9.69 Å². The van der Waals surface area contributed by atoms with Gasteiger partial charge < -0.3 is 14.5 Å². The van der Waals surface area contributed by atoms with Crippen LogP contribution in [0.25, 0.3) is 0 Å². The van der Waals surface area contributed by atoms with Crippen molar-refractivity contribution >= 4 is 17.2 Å². The van der Waals surface area contributed by atoms with Crippen molar-refractivity contribution < 1.29 is 13.9 Å². The maximum Gasteiger partial charge on any atom is 0.252 e. The monoisotopic (exact) mass is 346 g/mol. The highest BCUT2D eigenvalue weighted by molar-refractivity contribution is 7.08. The summed E-state index contributed by atoms with van der Waals surface area (Å²) in [6, 6.07) is 5.81. The van der Waals surface area contributed by atoms with Gasteiger partial charge in [-0.25, -0.2) is 0 Å². The number of hydrogen-bond donors (Lipinski definition) is 1. The summed E-state index contributed by atoms with van der Waals surface area (Å²) in [5.41, 5.74) is 0.734. The maximum atomic E-state index is 12.1. The first-order chi connectivity index (χ1) is 11.8. The number of nitrogens with zero attached hydrogens (tertiary/aromatic N) is 1. The third-order valence-corrected chi connectivity index (χ3v) is 5.78. The highest BCUT2D eigenvalue weighted by Crippen LogP contribution is 2.34. The lowest BCUT2D eigenvalue weighted by molar-refractivity contribution is 0.0666. The second-order valence-corrected chi connectivity index (χ2v) is 7.40. The zero-order valence-electron chi connectivity index (χ0n) is 13.5. The van der Waals surface area contributed by atoms with Gasteiger partial charge in [-0.2, -0.15) is 11.3 Å². The van der Waals surface area contributed by atoms with E-state index >= 15 is 0 Å². The van der Waals surface area contributed by atoms with Gasteiger partial charge in [0.2, 0.25) is 0 Å². The first-order valence-corrected chi connectivity index (χ1v) is 9.40. The molecule has 3 atom stereocenters. The summed E-state index contributed by atoms with van der Waals surface area (Å²) in [6.07, 6.45) is 2.99. The van der Waals surface area contributed by atoms with Crippen LogP contribution in [0.4, 0.5) is 0 Å². The molecule has 5 nitrogen and oxygen atoms in total. The van der Waals surface area contributed by atoms with Gasteiger partial charge in [0.05, 0.1) is 25.5 Å². The molecule has 4 heterocycles. The van der Waals surface area contributed by atoms with Crippen molar-refractivity contribution in [1.82, 2.24) is 10.2 Å². The minimum atomic E-state index is -0.00782. The number of carbonyl (C=O) groups excluding carboxylic acids is 1. The van der Waals surface area contributed by atoms with E-state index in [1.165, 1.54) is 11.3 Å². The lowest BCUT2D eigenvalue weighted by atomic mass is 9.84. The quantitative estimate of drug-likeness (QED) is 0.904. The highest BCUT2D eigenvalue weighted by atomic mass is 32.1. The van der Waals surface area contributed by atoms with Crippen molar-refractivity contribution in [3.63, 3.8) is 0 Å². The molecule has 2 aliphatic rings. The van der Waals surface area contributed by atoms with Crippen LogP contribution in [0.1, 0.15) is 22.5 Å². The lowest BCUT2D eigenvalue weighted by Gasteiger charge is -2.35. The van der Waals surface area contributed by atoms with Gasteiger partial charge in [-0.1, -0.05) is 0 Å². The highest BCUT2D eigenvalue weighted by Gasteiger charge is 2.40. The van der Waals surface area contributed by atoms with Crippen LogP contribution in [-0.4, -0.2) is 43.2 Å². The normalized spacial score (nSPS) is 27.1. The number of hydrogen-bond acceptors (Lipinski definition) is 5. The van der Waals surface area contributed by atoms with Crippen molar-refractivity contribution in [3.05, 3.63) is 46.5 Å². The number of ether oxygens (including phenoxy) is 1. The Morgan fingerprint density at radius 1 is 1.42 bits per heavy atom. The Hall–Kier alpha value is -1.63. The fourth-order valence-corrected chi connectivity index (χ4v) is 4.40. The number of amides is 1. The molecule has 2 fully saturated rings. The summed E-state index contributed by atoms with van der Waals surface area (Å²) in [5, 5.41) is 6.82. The molecule has 0 bridgehead atoms. The van der Waals surface area contributed by atoms with E-state index in [1.807, 2.05) is 29.0 Å². The average Bonchev–Trinajstić information content (AvgIpc) is 3.34. The standard InChI is InChI=1S/C18H22N2O3S/c21-18(14-4-7-24-12-14)19-8-17-16-10-20(5-3-13(16)11-23-17)9-15-2-1-6-22-15/h1-2,4,6-7,12-13,16-17H,3,5,8-11H2,(H,19,21)/t13-,16-,17+/m1/s1. The second-order valence-electron chi connectivity index (χ2n) is 6.62. The summed E-state index contributed by atoms with van der Waals surface area (Å²) >= 11 is 1.54. The minimum Gasteiger partial charge on any atom is -0.468 e. The zero-order chi connectivity index (χ0) is 16.4. The Morgan fingerprint density at radius 3 is 3.17 bits per heavy atom. The predicted molar refractivity (Wildman–Crippen MR) is 92.0 cm³/mol. The smallest absolute Gasteiger partial charge is 0.252 e. The van der Waals surface area contributed by atoms with Gasteiger partial charge >= 0.3 is 0 Å². The molecule has 2 aromatic heterocycles. The molecular formula is C18H22N2O3S. The number of thiophene rings is 1. The third-order valence-electron chi connectivity index (χ3n) is 5.10. The molecule has 6 heteroatoms. The molecule has 2 saturated heterocycles. The number of likely N-dealkylation sites (tertiary alicyclic amines) is 1. The van der Waals surface area contributed by atoms with Crippen LogP contribution in [0.5, 0.6) is 0 Å². The van der Waals surface area contributed by atoms with E-state index in [0.29, 0.717) is 18.4 Å². The summed E-state index contributed by atoms with van der Waals surface area (Å²) < 4.78 is 11.5. The van der Waals surface area contributed by atoms with E-state index in [1.54, 1.807) is 6.26 Å². The Labute approximate surface area is 145 Å². The van der Waals surface area contributed by atoms with Crippen LogP contribution >= 0.6 is 11.3 Å². The number of nitrogens with one attached hydrogen (secondary N) is 1. The largest absolute Gasteiger partial charge is 0.468 e. The molecule has 1 amide bonds. The molecular weight excluding hydrogens is 324 g/mol. The molecule has 4 rings (SSSR count). The number of piperidine rings is 1. The van der Waals surface area contributed by atoms with Gasteiger partial charge in [0.15, 0.2) is 0 Å². The van der Waals surface area contributed by atoms with Crippen LogP contribution in [0.3, 0.4) is 0 Å². The Bertz CT molecular complexity index is 656. The third kappa shape index (κ3) is 3.41. The SMILES string of the molecule is O=C(NC[C@@H]1OC[C@H]2CCN(Cc3ccco3)C[C@H]21)c1ccsc1. The molecule has 0 aromatic carbocycles. The van der Waals surface area contributed by atoms with E-state index in [0.717, 1.165) is 44.0 Å². The van der Waals surface area contributed by atoms with Gasteiger partial charge in [-0.05, 0) is 42.5 Å². The van der Waals surface area contributed by atoms with Crippen molar-refractivity contribution in [2.24, 2.45) is 11.8 Å². The maximum absolute atomic E-state index is 12.1. The second kappa shape index (κ2) is 7.09. The molecule has 0 aliphatic carbocycles. The summed E-state index contributed by atoms with van der Waals surface area (Å²) in [5.74, 6) is 2.10. The van der Waals surface area contributed by atoms with Crippen LogP contribution in [0.2, 0.25) is 0 Å². The number of furan rings is 1. The summed E-state index contributed by atoms with van der Waals surface area (Å²) in [6.45, 7) is 4.34. The van der Waals surface area contributed by atoms with Crippen LogP contribution in [-0.2, 0) is 11.3 Å². The van der Waals surface area contributed by atoms with Crippen molar-refractivity contribution in [2.75, 3.05) is 26.2 Å². The minimum absolute atomic E-state index is 0.00782. The van der Waals surface area contributed by atoms with Crippen LogP contribution < -0.4 is 5.32 Å². The molecule has 0 spiro atoms. The van der Waals surface area contributed by atoms with Gasteiger partial charge in [0, 0.05) is 30.0 Å². The fourth-order valence-electron chi connectivity index (χ4n) is 3.77. The molecule has 2 aromatic rings. The molecule has 2 aliphatic heterocycles. The van der Waals surface area contributed by atoms with Crippen LogP contribution in [0, 0.1) is 11.8 Å². The lowest BCUT2D eigenvalue weighted by Crippen LogP contribution is -2.45. The predicted octanol–water partition coefficient (Wildman–Crippen LogP) is 2.61. The molecule has 128 valence electrons. The molecule has 24 heavy (non-hydrogen) atoms. The topological polar surface area (TPSA) is 54.7 Å². The van der Waals surface area contributed by atoms with Gasteiger partial charge in [0.25, 0.3) is 5.91 Å². The van der Waals surface area contributed by atoms with E-state index in [-0.39, 0.29) is 12.0 Å². The van der Waals surface area contributed by atoms with E-state index < -0.39 is 0 Å². The molecule has 0 saturated carbocycles. The van der Waals surface area contributed by atoms with E-state index in [9.17, 15) is 4.79 Å². The Morgan fingerprint density at radius 2 is 2.38 bits per heavy atom. The number of carbonyl (C=O) groups is 1. The van der Waals surface area contributed by atoms with Gasteiger partial charge in [-0.15, -0.1) is 0 Å². The molecule has 1 N–H and O–H groups in total. The Kier molecular flexibility index (Phi) is 4.69. The Balaban J connectivity index is 1.32. The first-order valence-electron chi connectivity index (χ1n) is 8.46. The average molecular weight is 346 g/mol. The van der Waals surface area contributed by atoms with Gasteiger partial charge in [0.1, 0.15) is 5.76 Å². The van der Waals surface area contributed by atoms with E-state index in [4.69, 9.17) is 9.15 Å². The van der Waals surface area contributed by atoms with Crippen molar-refractivity contribution in [1.29, 1.82) is 0 Å². The van der Waals surface area contributed by atoms with Crippen LogP contribution in [0.15, 0.2) is 39.6 Å². The fraction of sp³-hybridized carbons (Fsp3) is 0.500. The summed E-state index contributed by atoms with van der Waals surface area (Å²) in [4.78, 5) is 14.5.